The van der Waals surface area contributed by atoms with Crippen LogP contribution < -0.4 is 11.0 Å². The van der Waals surface area contributed by atoms with Crippen molar-refractivity contribution >= 4 is 32.7 Å². The predicted molar refractivity (Wildman–Crippen MR) is 80.3 cm³/mol. The second-order valence-corrected chi connectivity index (χ2v) is 5.34. The van der Waals surface area contributed by atoms with Crippen molar-refractivity contribution < 1.29 is 4.39 Å². The maximum Gasteiger partial charge on any atom is 0.323 e. The van der Waals surface area contributed by atoms with Crippen molar-refractivity contribution in [2.24, 2.45) is 0 Å². The lowest BCUT2D eigenvalue weighted by atomic mass is 10.2. The van der Waals surface area contributed by atoms with Crippen LogP contribution in [0.4, 0.5) is 10.1 Å². The zero-order valence-corrected chi connectivity index (χ0v) is 11.9. The monoisotopic (exact) mass is 335 g/mol. The van der Waals surface area contributed by atoms with Gasteiger partial charge in [0.1, 0.15) is 5.82 Å². The minimum Gasteiger partial charge on any atom is -0.381 e. The lowest BCUT2D eigenvalue weighted by molar-refractivity contribution is 0.612. The largest absolute Gasteiger partial charge is 0.381 e. The van der Waals surface area contributed by atoms with Gasteiger partial charge in [-0.25, -0.2) is 9.18 Å². The standard InChI is InChI=1S/C14H11BrFN3O/c15-9-2-1-8(11(16)5-9)7-17-10-3-4-12-13(6-10)19-14(20)18-12/h1-6,17H,7H2,(H2,18,19,20). The van der Waals surface area contributed by atoms with Gasteiger partial charge in [0.25, 0.3) is 0 Å². The average molecular weight is 336 g/mol. The Morgan fingerprint density at radius 1 is 1.10 bits per heavy atom. The fourth-order valence-electron chi connectivity index (χ4n) is 2.00. The Labute approximate surface area is 122 Å². The van der Waals surface area contributed by atoms with E-state index in [2.05, 4.69) is 31.2 Å². The second kappa shape index (κ2) is 5.13. The van der Waals surface area contributed by atoms with Gasteiger partial charge in [0, 0.05) is 22.3 Å². The third-order valence-corrected chi connectivity index (χ3v) is 3.51. The van der Waals surface area contributed by atoms with Gasteiger partial charge in [-0.2, -0.15) is 0 Å². The molecule has 20 heavy (non-hydrogen) atoms. The van der Waals surface area contributed by atoms with Gasteiger partial charge >= 0.3 is 5.69 Å². The number of rotatable bonds is 3. The lowest BCUT2D eigenvalue weighted by Gasteiger charge is -2.07. The number of nitrogens with one attached hydrogen (secondary N) is 3. The van der Waals surface area contributed by atoms with Gasteiger partial charge in [-0.15, -0.1) is 0 Å². The number of aromatic amines is 2. The topological polar surface area (TPSA) is 60.7 Å². The van der Waals surface area contributed by atoms with Gasteiger partial charge in [-0.1, -0.05) is 22.0 Å². The summed E-state index contributed by atoms with van der Waals surface area (Å²) in [5.74, 6) is -0.261. The van der Waals surface area contributed by atoms with E-state index in [1.54, 1.807) is 18.2 Å². The van der Waals surface area contributed by atoms with Gasteiger partial charge in [0.05, 0.1) is 11.0 Å². The van der Waals surface area contributed by atoms with Crippen LogP contribution in [0.25, 0.3) is 11.0 Å². The molecule has 0 spiro atoms. The van der Waals surface area contributed by atoms with E-state index in [0.717, 1.165) is 16.7 Å². The number of H-pyrrole nitrogens is 2. The molecule has 0 radical (unpaired) electrons. The molecule has 0 unspecified atom stereocenters. The fourth-order valence-corrected chi connectivity index (χ4v) is 2.34. The molecule has 0 amide bonds. The summed E-state index contributed by atoms with van der Waals surface area (Å²) < 4.78 is 14.4. The molecule has 1 aromatic heterocycles. The molecular weight excluding hydrogens is 325 g/mol. The molecule has 0 saturated heterocycles. The first-order valence-corrected chi connectivity index (χ1v) is 6.81. The van der Waals surface area contributed by atoms with Crippen LogP contribution in [0.5, 0.6) is 0 Å². The number of hydrogen-bond donors (Lipinski definition) is 3. The molecule has 0 aliphatic rings. The minimum absolute atomic E-state index is 0.240. The normalized spacial score (nSPS) is 10.9. The molecule has 0 fully saturated rings. The van der Waals surface area contributed by atoms with Crippen molar-refractivity contribution in [3.05, 3.63) is 62.7 Å². The summed E-state index contributed by atoms with van der Waals surface area (Å²) in [7, 11) is 0. The van der Waals surface area contributed by atoms with E-state index in [-0.39, 0.29) is 11.5 Å². The molecule has 1 heterocycles. The summed E-state index contributed by atoms with van der Waals surface area (Å²) in [6.45, 7) is 0.374. The molecule has 4 nitrogen and oxygen atoms in total. The number of halogens is 2. The van der Waals surface area contributed by atoms with Crippen molar-refractivity contribution in [2.75, 3.05) is 5.32 Å². The first kappa shape index (κ1) is 12.9. The van der Waals surface area contributed by atoms with Gasteiger partial charge in [-0.05, 0) is 30.3 Å². The molecule has 3 aromatic rings. The predicted octanol–water partition coefficient (Wildman–Crippen LogP) is 3.37. The summed E-state index contributed by atoms with van der Waals surface area (Å²) in [4.78, 5) is 16.5. The van der Waals surface area contributed by atoms with Crippen molar-refractivity contribution in [1.82, 2.24) is 9.97 Å². The molecule has 3 N–H and O–H groups in total. The summed E-state index contributed by atoms with van der Waals surface area (Å²) >= 11 is 3.22. The number of anilines is 1. The maximum absolute atomic E-state index is 13.7. The van der Waals surface area contributed by atoms with Gasteiger partial charge in [0.2, 0.25) is 0 Å². The Morgan fingerprint density at radius 2 is 1.90 bits per heavy atom. The van der Waals surface area contributed by atoms with Crippen molar-refractivity contribution in [1.29, 1.82) is 0 Å². The number of aromatic nitrogens is 2. The Balaban J connectivity index is 1.80. The fraction of sp³-hybridized carbons (Fsp3) is 0.0714. The van der Waals surface area contributed by atoms with Gasteiger partial charge in [0.15, 0.2) is 0 Å². The second-order valence-electron chi connectivity index (χ2n) is 4.43. The number of hydrogen-bond acceptors (Lipinski definition) is 2. The van der Waals surface area contributed by atoms with E-state index in [1.807, 2.05) is 12.1 Å². The summed E-state index contributed by atoms with van der Waals surface area (Å²) in [5, 5.41) is 3.13. The van der Waals surface area contributed by atoms with Crippen molar-refractivity contribution in [3.63, 3.8) is 0 Å². The van der Waals surface area contributed by atoms with Crippen LogP contribution >= 0.6 is 15.9 Å². The SMILES string of the molecule is O=c1[nH]c2ccc(NCc3ccc(Br)cc3F)cc2[nH]1. The zero-order chi connectivity index (χ0) is 14.1. The van der Waals surface area contributed by atoms with Crippen LogP contribution in [-0.4, -0.2) is 9.97 Å². The summed E-state index contributed by atoms with van der Waals surface area (Å²) in [6.07, 6.45) is 0. The highest BCUT2D eigenvalue weighted by Crippen LogP contribution is 2.18. The van der Waals surface area contributed by atoms with Crippen LogP contribution in [0.2, 0.25) is 0 Å². The van der Waals surface area contributed by atoms with Crippen LogP contribution in [-0.2, 0) is 6.54 Å². The lowest BCUT2D eigenvalue weighted by Crippen LogP contribution is -2.01. The first-order valence-electron chi connectivity index (χ1n) is 6.02. The number of fused-ring (bicyclic) bond motifs is 1. The van der Waals surface area contributed by atoms with E-state index in [0.29, 0.717) is 16.6 Å². The Hall–Kier alpha value is -2.08. The van der Waals surface area contributed by atoms with E-state index in [1.165, 1.54) is 6.07 Å². The summed E-state index contributed by atoms with van der Waals surface area (Å²) in [5.41, 5.74) is 2.62. The average Bonchev–Trinajstić information content (AvgIpc) is 2.77. The number of imidazole rings is 1. The quantitative estimate of drug-likeness (QED) is 0.687. The molecule has 0 saturated carbocycles. The van der Waals surface area contributed by atoms with E-state index < -0.39 is 0 Å². The van der Waals surface area contributed by atoms with Gasteiger partial charge < -0.3 is 15.3 Å². The minimum atomic E-state index is -0.261. The smallest absolute Gasteiger partial charge is 0.323 e. The van der Waals surface area contributed by atoms with Crippen LogP contribution in [0.1, 0.15) is 5.56 Å². The van der Waals surface area contributed by atoms with Crippen LogP contribution in [0.15, 0.2) is 45.7 Å². The Bertz CT molecular complexity index is 825. The first-order chi connectivity index (χ1) is 9.61. The number of benzene rings is 2. The molecule has 0 aliphatic heterocycles. The van der Waals surface area contributed by atoms with Crippen LogP contribution in [0, 0.1) is 5.82 Å². The van der Waals surface area contributed by atoms with E-state index in [9.17, 15) is 9.18 Å². The van der Waals surface area contributed by atoms with E-state index >= 15 is 0 Å². The molecule has 102 valence electrons. The third kappa shape index (κ3) is 2.60. The molecule has 0 aliphatic carbocycles. The Morgan fingerprint density at radius 3 is 2.70 bits per heavy atom. The van der Waals surface area contributed by atoms with Crippen molar-refractivity contribution in [3.8, 4) is 0 Å². The highest BCUT2D eigenvalue weighted by molar-refractivity contribution is 9.10. The molecular formula is C14H11BrFN3O. The molecule has 2 aromatic carbocycles. The molecule has 3 rings (SSSR count). The highest BCUT2D eigenvalue weighted by Gasteiger charge is 2.04. The highest BCUT2D eigenvalue weighted by atomic mass is 79.9. The van der Waals surface area contributed by atoms with Gasteiger partial charge in [-0.3, -0.25) is 0 Å². The third-order valence-electron chi connectivity index (χ3n) is 3.01. The van der Waals surface area contributed by atoms with E-state index in [4.69, 9.17) is 0 Å². The zero-order valence-electron chi connectivity index (χ0n) is 10.3. The van der Waals surface area contributed by atoms with Crippen LogP contribution in [0.3, 0.4) is 0 Å². The Kier molecular flexibility index (Phi) is 3.31. The molecule has 0 atom stereocenters. The molecule has 6 heteroatoms. The van der Waals surface area contributed by atoms with Crippen molar-refractivity contribution in [2.45, 2.75) is 6.54 Å². The summed E-state index contributed by atoms with van der Waals surface area (Å²) in [6, 6.07) is 10.4. The molecule has 0 bridgehead atoms. The maximum atomic E-state index is 13.7.